The quantitative estimate of drug-likeness (QED) is 0.930. The van der Waals surface area contributed by atoms with Crippen LogP contribution in [0.3, 0.4) is 0 Å². The van der Waals surface area contributed by atoms with Gasteiger partial charge in [-0.1, -0.05) is 30.3 Å². The Kier molecular flexibility index (Phi) is 5.18. The molecule has 2 aliphatic heterocycles. The van der Waals surface area contributed by atoms with E-state index in [0.29, 0.717) is 6.54 Å². The van der Waals surface area contributed by atoms with E-state index in [2.05, 4.69) is 0 Å². The lowest BCUT2D eigenvalue weighted by atomic mass is 9.72. The van der Waals surface area contributed by atoms with Crippen LogP contribution >= 0.6 is 0 Å². The number of carbonyl (C=O) groups excluding carboxylic acids is 1. The summed E-state index contributed by atoms with van der Waals surface area (Å²) in [6.07, 6.45) is 3.51. The van der Waals surface area contributed by atoms with E-state index < -0.39 is 0 Å². The fraction of sp³-hybridized carbons (Fsp3) is 0.611. The smallest absolute Gasteiger partial charge is 0.410 e. The number of carbonyl (C=O) groups is 1. The number of hydrogen-bond donors (Lipinski definition) is 1. The highest BCUT2D eigenvalue weighted by molar-refractivity contribution is 5.68. The highest BCUT2D eigenvalue weighted by Crippen LogP contribution is 2.41. The Morgan fingerprint density at radius 2 is 2.00 bits per heavy atom. The van der Waals surface area contributed by atoms with Gasteiger partial charge in [0.25, 0.3) is 0 Å². The molecule has 1 aromatic rings. The van der Waals surface area contributed by atoms with Gasteiger partial charge in [0, 0.05) is 19.8 Å². The molecule has 1 unspecified atom stereocenters. The van der Waals surface area contributed by atoms with Crippen LogP contribution in [0.25, 0.3) is 0 Å². The first-order valence-electron chi connectivity index (χ1n) is 8.38. The summed E-state index contributed by atoms with van der Waals surface area (Å²) in [6, 6.07) is 9.54. The number of aliphatic hydroxyl groups is 1. The lowest BCUT2D eigenvalue weighted by Gasteiger charge is -2.47. The molecule has 3 rings (SSSR count). The van der Waals surface area contributed by atoms with Crippen molar-refractivity contribution in [3.63, 3.8) is 0 Å². The third-order valence-corrected chi connectivity index (χ3v) is 5.16. The molecule has 1 amide bonds. The number of hydrogen-bond acceptors (Lipinski definition) is 4. The molecule has 2 fully saturated rings. The van der Waals surface area contributed by atoms with Crippen LogP contribution in [0, 0.1) is 5.41 Å². The molecule has 0 aromatic heterocycles. The van der Waals surface area contributed by atoms with Crippen LogP contribution in [0.1, 0.15) is 31.2 Å². The second-order valence-corrected chi connectivity index (χ2v) is 6.66. The maximum Gasteiger partial charge on any atom is 0.410 e. The molecule has 1 aromatic carbocycles. The minimum Gasteiger partial charge on any atom is -0.445 e. The molecule has 1 N–H and O–H groups in total. The summed E-state index contributed by atoms with van der Waals surface area (Å²) in [4.78, 5) is 14.3. The topological polar surface area (TPSA) is 59.0 Å². The zero-order valence-electron chi connectivity index (χ0n) is 13.4. The first-order valence-corrected chi connectivity index (χ1v) is 8.38. The predicted octanol–water partition coefficient (Wildman–Crippen LogP) is 2.58. The molecule has 0 bridgehead atoms. The van der Waals surface area contributed by atoms with E-state index in [1.807, 2.05) is 30.3 Å². The van der Waals surface area contributed by atoms with Crippen LogP contribution in [-0.4, -0.2) is 48.5 Å². The van der Waals surface area contributed by atoms with Gasteiger partial charge in [0.1, 0.15) is 6.61 Å². The summed E-state index contributed by atoms with van der Waals surface area (Å²) in [5.74, 6) is 0. The van der Waals surface area contributed by atoms with Crippen molar-refractivity contribution >= 4 is 6.09 Å². The molecule has 0 saturated carbocycles. The summed E-state index contributed by atoms with van der Waals surface area (Å²) in [5, 5.41) is 9.61. The Morgan fingerprint density at radius 3 is 2.70 bits per heavy atom. The van der Waals surface area contributed by atoms with Crippen molar-refractivity contribution < 1.29 is 19.4 Å². The normalized spacial score (nSPS) is 23.7. The van der Waals surface area contributed by atoms with Gasteiger partial charge in [0.05, 0.1) is 12.6 Å². The summed E-state index contributed by atoms with van der Waals surface area (Å²) >= 11 is 0. The average molecular weight is 319 g/mol. The molecule has 23 heavy (non-hydrogen) atoms. The average Bonchev–Trinajstić information content (AvgIpc) is 2.61. The van der Waals surface area contributed by atoms with Crippen LogP contribution in [0.2, 0.25) is 0 Å². The number of ether oxygens (including phenoxy) is 2. The van der Waals surface area contributed by atoms with E-state index in [1.165, 1.54) is 0 Å². The molecule has 2 saturated heterocycles. The van der Waals surface area contributed by atoms with Gasteiger partial charge in [-0.3, -0.25) is 0 Å². The third kappa shape index (κ3) is 3.85. The van der Waals surface area contributed by atoms with Gasteiger partial charge in [0.15, 0.2) is 0 Å². The fourth-order valence-corrected chi connectivity index (χ4v) is 3.62. The van der Waals surface area contributed by atoms with Gasteiger partial charge in [-0.05, 0) is 36.7 Å². The maximum absolute atomic E-state index is 12.5. The Labute approximate surface area is 137 Å². The molecule has 1 atom stereocenters. The second-order valence-electron chi connectivity index (χ2n) is 6.66. The van der Waals surface area contributed by atoms with Crippen molar-refractivity contribution in [3.8, 4) is 0 Å². The number of benzene rings is 1. The summed E-state index contributed by atoms with van der Waals surface area (Å²) in [7, 11) is 0. The largest absolute Gasteiger partial charge is 0.445 e. The van der Waals surface area contributed by atoms with Crippen molar-refractivity contribution in [3.05, 3.63) is 35.9 Å². The van der Waals surface area contributed by atoms with E-state index in [4.69, 9.17) is 9.47 Å². The molecule has 126 valence electrons. The monoisotopic (exact) mass is 319 g/mol. The lowest BCUT2D eigenvalue weighted by Crippen LogP contribution is -2.54. The van der Waals surface area contributed by atoms with Crippen LogP contribution in [0.5, 0.6) is 0 Å². The highest BCUT2D eigenvalue weighted by atomic mass is 16.6. The van der Waals surface area contributed by atoms with E-state index in [9.17, 15) is 9.90 Å². The summed E-state index contributed by atoms with van der Waals surface area (Å²) in [5.41, 5.74) is 1.11. The molecular formula is C18H25NO4. The Hall–Kier alpha value is -1.59. The molecule has 5 nitrogen and oxygen atoms in total. The van der Waals surface area contributed by atoms with Crippen molar-refractivity contribution in [1.29, 1.82) is 0 Å². The zero-order valence-corrected chi connectivity index (χ0v) is 13.4. The van der Waals surface area contributed by atoms with Crippen molar-refractivity contribution in [2.45, 2.75) is 38.3 Å². The van der Waals surface area contributed by atoms with Gasteiger partial charge in [0.2, 0.25) is 0 Å². The van der Waals surface area contributed by atoms with Gasteiger partial charge < -0.3 is 19.5 Å². The number of amides is 1. The molecule has 2 heterocycles. The molecule has 2 aliphatic rings. The number of rotatable bonds is 3. The number of aliphatic hydroxyl groups excluding tert-OH is 1. The minimum atomic E-state index is -0.321. The van der Waals surface area contributed by atoms with E-state index in [1.54, 1.807) is 4.90 Å². The van der Waals surface area contributed by atoms with Crippen LogP contribution in [0.15, 0.2) is 30.3 Å². The van der Waals surface area contributed by atoms with Crippen LogP contribution in [0.4, 0.5) is 4.79 Å². The first-order chi connectivity index (χ1) is 11.2. The van der Waals surface area contributed by atoms with Crippen LogP contribution in [-0.2, 0) is 16.1 Å². The standard InChI is InChI=1S/C18H25NO4/c20-12-16-6-7-18(8-10-22-11-9-18)14-19(16)17(21)23-13-15-4-2-1-3-5-15/h1-5,16,20H,6-14H2. The van der Waals surface area contributed by atoms with Crippen molar-refractivity contribution in [2.75, 3.05) is 26.4 Å². The molecule has 0 aliphatic carbocycles. The van der Waals surface area contributed by atoms with Gasteiger partial charge in [-0.25, -0.2) is 4.79 Å². The van der Waals surface area contributed by atoms with Crippen molar-refractivity contribution in [1.82, 2.24) is 4.90 Å². The molecular weight excluding hydrogens is 294 g/mol. The minimum absolute atomic E-state index is 0.00693. The SMILES string of the molecule is O=C(OCc1ccccc1)N1CC2(CCOCC2)CCC1CO. The molecule has 0 radical (unpaired) electrons. The van der Waals surface area contributed by atoms with Gasteiger partial charge in [-0.2, -0.15) is 0 Å². The highest BCUT2D eigenvalue weighted by Gasteiger charge is 2.42. The second kappa shape index (κ2) is 7.32. The zero-order chi connectivity index (χ0) is 16.1. The molecule has 5 heteroatoms. The Bertz CT molecular complexity index is 513. The Balaban J connectivity index is 1.63. The maximum atomic E-state index is 12.5. The first kappa shape index (κ1) is 16.3. The van der Waals surface area contributed by atoms with E-state index in [-0.39, 0.29) is 30.8 Å². The predicted molar refractivity (Wildman–Crippen MR) is 85.9 cm³/mol. The summed E-state index contributed by atoms with van der Waals surface area (Å²) < 4.78 is 10.9. The molecule has 1 spiro atoms. The van der Waals surface area contributed by atoms with Crippen molar-refractivity contribution in [2.24, 2.45) is 5.41 Å². The number of piperidine rings is 1. The van der Waals surface area contributed by atoms with Gasteiger partial charge in [-0.15, -0.1) is 0 Å². The lowest BCUT2D eigenvalue weighted by molar-refractivity contribution is -0.0497. The number of likely N-dealkylation sites (tertiary alicyclic amines) is 1. The van der Waals surface area contributed by atoms with Crippen LogP contribution < -0.4 is 0 Å². The fourth-order valence-electron chi connectivity index (χ4n) is 3.62. The van der Waals surface area contributed by atoms with E-state index in [0.717, 1.165) is 44.5 Å². The summed E-state index contributed by atoms with van der Waals surface area (Å²) in [6.45, 7) is 2.44. The Morgan fingerprint density at radius 1 is 1.26 bits per heavy atom. The van der Waals surface area contributed by atoms with E-state index >= 15 is 0 Å². The van der Waals surface area contributed by atoms with Gasteiger partial charge >= 0.3 is 6.09 Å². The third-order valence-electron chi connectivity index (χ3n) is 5.16. The number of nitrogens with zero attached hydrogens (tertiary/aromatic N) is 1.